The summed E-state index contributed by atoms with van der Waals surface area (Å²) in [6.45, 7) is 2.20. The second-order valence-corrected chi connectivity index (χ2v) is 4.33. The van der Waals surface area contributed by atoms with Crippen molar-refractivity contribution in [3.63, 3.8) is 0 Å². The highest BCUT2D eigenvalue weighted by atomic mass is 16.5. The van der Waals surface area contributed by atoms with E-state index in [0.717, 1.165) is 11.3 Å². The molecular weight excluding hydrogens is 254 g/mol. The van der Waals surface area contributed by atoms with E-state index in [1.807, 2.05) is 37.3 Å². The largest absolute Gasteiger partial charge is 0.482 e. The van der Waals surface area contributed by atoms with Gasteiger partial charge >= 0.3 is 0 Å². The first-order chi connectivity index (χ1) is 9.69. The minimum Gasteiger partial charge on any atom is -0.482 e. The van der Waals surface area contributed by atoms with E-state index in [2.05, 4.69) is 10.3 Å². The number of aryl methyl sites for hydroxylation is 1. The molecule has 20 heavy (non-hydrogen) atoms. The van der Waals surface area contributed by atoms with E-state index in [1.165, 1.54) is 0 Å². The lowest BCUT2D eigenvalue weighted by Crippen LogP contribution is -2.21. The molecule has 1 aromatic heterocycles. The number of amides is 1. The van der Waals surface area contributed by atoms with Crippen LogP contribution in [0.3, 0.4) is 0 Å². The van der Waals surface area contributed by atoms with E-state index in [0.29, 0.717) is 18.0 Å². The van der Waals surface area contributed by atoms with Gasteiger partial charge in [-0.1, -0.05) is 18.2 Å². The van der Waals surface area contributed by atoms with Crippen LogP contribution in [0.5, 0.6) is 5.75 Å². The van der Waals surface area contributed by atoms with Gasteiger partial charge in [0.25, 0.3) is 5.91 Å². The van der Waals surface area contributed by atoms with Crippen molar-refractivity contribution in [2.45, 2.75) is 13.5 Å². The molecule has 0 saturated heterocycles. The Hall–Kier alpha value is -2.40. The molecule has 1 aromatic carbocycles. The summed E-state index contributed by atoms with van der Waals surface area (Å²) < 4.78 is 5.36. The van der Waals surface area contributed by atoms with Crippen LogP contribution < -0.4 is 15.8 Å². The SMILES string of the molecule is Cc1ccc(OCC(=O)Nc2ccccc2CN)cn1. The smallest absolute Gasteiger partial charge is 0.262 e. The third-order valence-electron chi connectivity index (χ3n) is 2.77. The Morgan fingerprint density at radius 1 is 1.30 bits per heavy atom. The van der Waals surface area contributed by atoms with Crippen LogP contribution >= 0.6 is 0 Å². The summed E-state index contributed by atoms with van der Waals surface area (Å²) in [5.41, 5.74) is 8.12. The van der Waals surface area contributed by atoms with Crippen LogP contribution in [0.2, 0.25) is 0 Å². The molecule has 0 saturated carbocycles. The molecule has 1 heterocycles. The second-order valence-electron chi connectivity index (χ2n) is 4.33. The number of nitrogens with one attached hydrogen (secondary N) is 1. The minimum atomic E-state index is -0.230. The molecule has 5 heteroatoms. The number of rotatable bonds is 5. The number of nitrogens with zero attached hydrogens (tertiary/aromatic N) is 1. The number of ether oxygens (including phenoxy) is 1. The molecule has 0 fully saturated rings. The van der Waals surface area contributed by atoms with Crippen LogP contribution in [-0.4, -0.2) is 17.5 Å². The molecule has 0 aliphatic heterocycles. The summed E-state index contributed by atoms with van der Waals surface area (Å²) in [6.07, 6.45) is 1.59. The summed E-state index contributed by atoms with van der Waals surface area (Å²) >= 11 is 0. The van der Waals surface area contributed by atoms with Crippen LogP contribution in [-0.2, 0) is 11.3 Å². The average molecular weight is 271 g/mol. The van der Waals surface area contributed by atoms with E-state index in [1.54, 1.807) is 12.3 Å². The fourth-order valence-corrected chi connectivity index (χ4v) is 1.70. The molecule has 0 radical (unpaired) electrons. The number of aromatic nitrogens is 1. The van der Waals surface area contributed by atoms with Crippen LogP contribution in [0.4, 0.5) is 5.69 Å². The Morgan fingerprint density at radius 3 is 2.80 bits per heavy atom. The average Bonchev–Trinajstić information content (AvgIpc) is 2.47. The third-order valence-corrected chi connectivity index (χ3v) is 2.77. The van der Waals surface area contributed by atoms with Crippen LogP contribution in [0, 0.1) is 6.92 Å². The predicted molar refractivity (Wildman–Crippen MR) is 77.4 cm³/mol. The van der Waals surface area contributed by atoms with Gasteiger partial charge in [0.05, 0.1) is 6.20 Å². The molecule has 0 atom stereocenters. The summed E-state index contributed by atoms with van der Waals surface area (Å²) in [5.74, 6) is 0.337. The van der Waals surface area contributed by atoms with E-state index in [-0.39, 0.29) is 12.5 Å². The number of pyridine rings is 1. The van der Waals surface area contributed by atoms with E-state index in [9.17, 15) is 4.79 Å². The molecule has 5 nitrogen and oxygen atoms in total. The maximum absolute atomic E-state index is 11.8. The summed E-state index contributed by atoms with van der Waals surface area (Å²) in [5, 5.41) is 2.78. The highest BCUT2D eigenvalue weighted by Crippen LogP contribution is 2.14. The molecular formula is C15H17N3O2. The minimum absolute atomic E-state index is 0.0658. The fourth-order valence-electron chi connectivity index (χ4n) is 1.70. The number of hydrogen-bond donors (Lipinski definition) is 2. The number of carbonyl (C=O) groups is 1. The maximum Gasteiger partial charge on any atom is 0.262 e. The van der Waals surface area contributed by atoms with Crippen molar-refractivity contribution in [2.24, 2.45) is 5.73 Å². The predicted octanol–water partition coefficient (Wildman–Crippen LogP) is 1.87. The van der Waals surface area contributed by atoms with Crippen molar-refractivity contribution in [1.82, 2.24) is 4.98 Å². The zero-order valence-electron chi connectivity index (χ0n) is 11.3. The van der Waals surface area contributed by atoms with Gasteiger partial charge in [-0.2, -0.15) is 0 Å². The lowest BCUT2D eigenvalue weighted by Gasteiger charge is -2.10. The number of para-hydroxylation sites is 1. The van der Waals surface area contributed by atoms with Gasteiger partial charge in [-0.25, -0.2) is 0 Å². The van der Waals surface area contributed by atoms with Gasteiger partial charge in [0, 0.05) is 17.9 Å². The molecule has 1 amide bonds. The fraction of sp³-hybridized carbons (Fsp3) is 0.200. The molecule has 2 aromatic rings. The first-order valence-corrected chi connectivity index (χ1v) is 6.32. The Bertz CT molecular complexity index is 582. The molecule has 0 bridgehead atoms. The normalized spacial score (nSPS) is 10.1. The number of benzene rings is 1. The molecule has 2 rings (SSSR count). The van der Waals surface area contributed by atoms with Crippen molar-refractivity contribution >= 4 is 11.6 Å². The van der Waals surface area contributed by atoms with E-state index in [4.69, 9.17) is 10.5 Å². The van der Waals surface area contributed by atoms with Crippen LogP contribution in [0.25, 0.3) is 0 Å². The molecule has 0 aliphatic rings. The van der Waals surface area contributed by atoms with Crippen molar-refractivity contribution in [3.05, 3.63) is 53.9 Å². The van der Waals surface area contributed by atoms with Gasteiger partial charge in [0.2, 0.25) is 0 Å². The highest BCUT2D eigenvalue weighted by Gasteiger charge is 2.06. The van der Waals surface area contributed by atoms with Gasteiger partial charge in [-0.15, -0.1) is 0 Å². The van der Waals surface area contributed by atoms with Crippen molar-refractivity contribution in [1.29, 1.82) is 0 Å². The Labute approximate surface area is 117 Å². The number of nitrogens with two attached hydrogens (primary N) is 1. The zero-order chi connectivity index (χ0) is 14.4. The first kappa shape index (κ1) is 14.0. The van der Waals surface area contributed by atoms with Crippen LogP contribution in [0.15, 0.2) is 42.6 Å². The number of carbonyl (C=O) groups excluding carboxylic acids is 1. The monoisotopic (exact) mass is 271 g/mol. The maximum atomic E-state index is 11.8. The molecule has 3 N–H and O–H groups in total. The highest BCUT2D eigenvalue weighted by molar-refractivity contribution is 5.92. The Kier molecular flexibility index (Phi) is 4.68. The van der Waals surface area contributed by atoms with Gasteiger partial charge in [0.1, 0.15) is 5.75 Å². The van der Waals surface area contributed by atoms with Crippen LogP contribution in [0.1, 0.15) is 11.3 Å². The molecule has 0 spiro atoms. The Morgan fingerprint density at radius 2 is 2.10 bits per heavy atom. The molecule has 104 valence electrons. The van der Waals surface area contributed by atoms with Crippen molar-refractivity contribution in [2.75, 3.05) is 11.9 Å². The summed E-state index contributed by atoms with van der Waals surface area (Å²) in [6, 6.07) is 11.0. The van der Waals surface area contributed by atoms with Gasteiger partial charge in [-0.3, -0.25) is 9.78 Å². The lowest BCUT2D eigenvalue weighted by molar-refractivity contribution is -0.118. The Balaban J connectivity index is 1.91. The van der Waals surface area contributed by atoms with Crippen molar-refractivity contribution < 1.29 is 9.53 Å². The van der Waals surface area contributed by atoms with Gasteiger partial charge < -0.3 is 15.8 Å². The standard InChI is InChI=1S/C15H17N3O2/c1-11-6-7-13(9-17-11)20-10-15(19)18-14-5-3-2-4-12(14)8-16/h2-7,9H,8,10,16H2,1H3,(H,18,19). The van der Waals surface area contributed by atoms with E-state index >= 15 is 0 Å². The van der Waals surface area contributed by atoms with Gasteiger partial charge in [-0.05, 0) is 30.7 Å². The quantitative estimate of drug-likeness (QED) is 0.870. The number of anilines is 1. The topological polar surface area (TPSA) is 77.2 Å². The van der Waals surface area contributed by atoms with E-state index < -0.39 is 0 Å². The third kappa shape index (κ3) is 3.80. The zero-order valence-corrected chi connectivity index (χ0v) is 11.3. The lowest BCUT2D eigenvalue weighted by atomic mass is 10.2. The summed E-state index contributed by atoms with van der Waals surface area (Å²) in [4.78, 5) is 15.9. The number of hydrogen-bond acceptors (Lipinski definition) is 4. The van der Waals surface area contributed by atoms with Crippen molar-refractivity contribution in [3.8, 4) is 5.75 Å². The first-order valence-electron chi connectivity index (χ1n) is 6.32. The second kappa shape index (κ2) is 6.68. The molecule has 0 unspecified atom stereocenters. The summed E-state index contributed by atoms with van der Waals surface area (Å²) in [7, 11) is 0. The van der Waals surface area contributed by atoms with Gasteiger partial charge in [0.15, 0.2) is 6.61 Å². The molecule has 0 aliphatic carbocycles.